The van der Waals surface area contributed by atoms with E-state index in [1.807, 2.05) is 88.4 Å². The van der Waals surface area contributed by atoms with Crippen LogP contribution in [0.1, 0.15) is 62.4 Å². The summed E-state index contributed by atoms with van der Waals surface area (Å²) in [5, 5.41) is 22.5. The maximum atomic E-state index is 13.9. The zero-order valence-electron chi connectivity index (χ0n) is 39.3. The highest BCUT2D eigenvalue weighted by molar-refractivity contribution is 7.22. The predicted molar refractivity (Wildman–Crippen MR) is 261 cm³/mol. The normalized spacial score (nSPS) is 15.2. The Bertz CT molecular complexity index is 2520. The molecule has 6 rings (SSSR count). The highest BCUT2D eigenvalue weighted by Crippen LogP contribution is 2.31. The van der Waals surface area contributed by atoms with Crippen molar-refractivity contribution in [3.05, 3.63) is 88.6 Å². The quantitative estimate of drug-likeness (QED) is 0.0534. The van der Waals surface area contributed by atoms with Gasteiger partial charge in [-0.1, -0.05) is 68.5 Å². The fraction of sp³-hybridized carbons (Fsp3) is 0.449. The van der Waals surface area contributed by atoms with Crippen LogP contribution in [0.25, 0.3) is 20.7 Å². The number of nitrogens with zero attached hydrogens (tertiary/aromatic N) is 3. The van der Waals surface area contributed by atoms with Crippen molar-refractivity contribution in [3.63, 3.8) is 0 Å². The first-order valence-electron chi connectivity index (χ1n) is 22.5. The Hall–Kier alpha value is -5.99. The van der Waals surface area contributed by atoms with Crippen LogP contribution in [0.5, 0.6) is 11.5 Å². The van der Waals surface area contributed by atoms with E-state index in [1.165, 1.54) is 16.2 Å². The van der Waals surface area contributed by atoms with Gasteiger partial charge in [-0.05, 0) is 71.7 Å². The Morgan fingerprint density at radius 3 is 2.24 bits per heavy atom. The molecule has 364 valence electrons. The largest absolute Gasteiger partial charge is 0.493 e. The van der Waals surface area contributed by atoms with E-state index in [1.54, 1.807) is 31.1 Å². The van der Waals surface area contributed by atoms with E-state index in [-0.39, 0.29) is 76.5 Å². The number of β-amino-alcohol motifs (C(OH)–C–C–N with tert-alkyl or cyclic N) is 1. The zero-order valence-corrected chi connectivity index (χ0v) is 41.0. The second-order valence-electron chi connectivity index (χ2n) is 17.5. The average Bonchev–Trinajstić information content (AvgIpc) is 4.06. The first-order chi connectivity index (χ1) is 32.6. The number of hydrogen-bond donors (Lipinski definition) is 5. The summed E-state index contributed by atoms with van der Waals surface area (Å²) in [5.41, 5.74) is 6.65. The number of benzene rings is 3. The molecule has 5 aromatic rings. The molecule has 1 saturated heterocycles. The molecule has 68 heavy (non-hydrogen) atoms. The Labute approximate surface area is 404 Å². The number of methoxy groups -OCH3 is 2. The summed E-state index contributed by atoms with van der Waals surface area (Å²) < 4.78 is 22.6. The molecule has 17 nitrogen and oxygen atoms in total. The number of fused-ring (bicyclic) bond motifs is 1. The molecule has 0 bridgehead atoms. The number of aliphatic hydroxyl groups excluding tert-OH is 1. The number of nitrogens with one attached hydrogen (secondary N) is 4. The van der Waals surface area contributed by atoms with E-state index in [0.717, 1.165) is 43.0 Å². The van der Waals surface area contributed by atoms with Gasteiger partial charge in [0.2, 0.25) is 29.5 Å². The minimum absolute atomic E-state index is 0.0317. The Morgan fingerprint density at radius 2 is 1.53 bits per heavy atom. The molecule has 0 aliphatic carbocycles. The summed E-state index contributed by atoms with van der Waals surface area (Å²) in [6, 6.07) is 17.3. The zero-order chi connectivity index (χ0) is 48.8. The van der Waals surface area contributed by atoms with Crippen LogP contribution in [0, 0.1) is 12.3 Å². The molecule has 0 saturated carbocycles. The van der Waals surface area contributed by atoms with Crippen molar-refractivity contribution in [3.8, 4) is 21.9 Å². The van der Waals surface area contributed by atoms with Crippen molar-refractivity contribution in [2.45, 2.75) is 84.5 Å². The van der Waals surface area contributed by atoms with Gasteiger partial charge in [0.25, 0.3) is 0 Å². The first-order valence-corrected chi connectivity index (χ1v) is 24.2. The van der Waals surface area contributed by atoms with E-state index in [9.17, 15) is 29.1 Å². The van der Waals surface area contributed by atoms with Gasteiger partial charge in [-0.15, -0.1) is 11.3 Å². The molecule has 3 atom stereocenters. The number of aliphatic hydroxyl groups is 1. The van der Waals surface area contributed by atoms with Gasteiger partial charge in [0, 0.05) is 38.9 Å². The van der Waals surface area contributed by atoms with Gasteiger partial charge in [-0.2, -0.15) is 0 Å². The fourth-order valence-electron chi connectivity index (χ4n) is 7.63. The molecule has 0 unspecified atom stereocenters. The molecule has 0 spiro atoms. The number of aromatic nitrogens is 2. The van der Waals surface area contributed by atoms with Crippen molar-refractivity contribution < 1.29 is 48.0 Å². The molecule has 19 heteroatoms. The highest BCUT2D eigenvalue weighted by Gasteiger charge is 2.44. The lowest BCUT2D eigenvalue weighted by Gasteiger charge is -2.35. The maximum absolute atomic E-state index is 13.9. The van der Waals surface area contributed by atoms with Crippen LogP contribution in [0.15, 0.2) is 66.2 Å². The molecular weight excluding hydrogens is 911 g/mol. The molecule has 2 aromatic heterocycles. The Balaban J connectivity index is 0.846. The van der Waals surface area contributed by atoms with Crippen LogP contribution in [-0.4, -0.2) is 121 Å². The molecule has 0 radical (unpaired) electrons. The lowest BCUT2D eigenvalue weighted by atomic mass is 9.85. The Morgan fingerprint density at radius 1 is 0.838 bits per heavy atom. The van der Waals surface area contributed by atoms with Crippen molar-refractivity contribution in [2.75, 3.05) is 59.1 Å². The number of aryl methyl sites for hydroxylation is 3. The summed E-state index contributed by atoms with van der Waals surface area (Å²) in [5.74, 6) is -0.393. The summed E-state index contributed by atoms with van der Waals surface area (Å²) in [4.78, 5) is 76.9. The molecular formula is C49H61N7O10S2. The molecule has 3 heterocycles. The molecule has 3 aromatic carbocycles. The summed E-state index contributed by atoms with van der Waals surface area (Å²) in [7, 11) is 3.15. The van der Waals surface area contributed by atoms with Crippen molar-refractivity contribution >= 4 is 67.6 Å². The van der Waals surface area contributed by atoms with Crippen LogP contribution >= 0.6 is 22.7 Å². The number of amides is 5. The SMILES string of the molecule is COc1ccc(CCC(=O)Nc2nc3ccc(CCC(=O)NCCOCCOCC(=O)N[C@H](C(=O)N4C[C@H](O)C[C@H]4C(=O)NCc4ccc(-c5scnc5C)cc4)C(C)(C)C)cc3s2)cc1OC. The van der Waals surface area contributed by atoms with Crippen LogP contribution in [0.3, 0.4) is 0 Å². The number of carbonyl (C=O) groups excluding carboxylic acids is 5. The van der Waals surface area contributed by atoms with E-state index in [4.69, 9.17) is 18.9 Å². The van der Waals surface area contributed by atoms with Crippen LogP contribution in [-0.2, 0) is 52.8 Å². The lowest BCUT2D eigenvalue weighted by Crippen LogP contribution is -2.58. The van der Waals surface area contributed by atoms with Gasteiger partial charge in [-0.25, -0.2) is 9.97 Å². The van der Waals surface area contributed by atoms with Crippen molar-refractivity contribution in [1.82, 2.24) is 30.8 Å². The first kappa shape index (κ1) is 51.4. The van der Waals surface area contributed by atoms with Crippen LogP contribution < -0.4 is 30.7 Å². The van der Waals surface area contributed by atoms with Crippen molar-refractivity contribution in [1.29, 1.82) is 0 Å². The summed E-state index contributed by atoms with van der Waals surface area (Å²) in [6.07, 6.45) is 0.798. The van der Waals surface area contributed by atoms with Crippen molar-refractivity contribution in [2.24, 2.45) is 5.41 Å². The lowest BCUT2D eigenvalue weighted by molar-refractivity contribution is -0.144. The number of carbonyl (C=O) groups is 5. The van der Waals surface area contributed by atoms with Gasteiger partial charge in [0.1, 0.15) is 18.7 Å². The standard InChI is InChI=1S/C49H61N7O10S2/c1-30-44(67-29-52-30)34-13-7-33(8-14-34)26-51-46(61)37-25-35(57)27-56(37)47(62)45(49(2,3)4)54-43(60)28-66-22-21-65-20-19-50-41(58)17-11-32-9-15-36-40(24-32)68-48(53-36)55-42(59)18-12-31-10-16-38(63-5)39(23-31)64-6/h7-10,13-16,23-24,29,35,37,45,57H,11-12,17-22,25-28H2,1-6H3,(H,50,58)(H,51,61)(H,54,60)(H,53,55,59)/t35-,37+,45-/m1/s1. The molecule has 5 N–H and O–H groups in total. The van der Waals surface area contributed by atoms with E-state index in [2.05, 4.69) is 31.2 Å². The van der Waals surface area contributed by atoms with Crippen LogP contribution in [0.4, 0.5) is 5.13 Å². The van der Waals surface area contributed by atoms with Gasteiger partial charge >= 0.3 is 0 Å². The number of hydrogen-bond acceptors (Lipinski definition) is 14. The molecule has 1 aliphatic rings. The summed E-state index contributed by atoms with van der Waals surface area (Å²) in [6.45, 7) is 8.12. The third-order valence-electron chi connectivity index (χ3n) is 11.3. The minimum Gasteiger partial charge on any atom is -0.493 e. The van der Waals surface area contributed by atoms with Gasteiger partial charge in [0.15, 0.2) is 16.6 Å². The van der Waals surface area contributed by atoms with Gasteiger partial charge in [0.05, 0.1) is 66.4 Å². The molecule has 1 aliphatic heterocycles. The topological polar surface area (TPSA) is 220 Å². The van der Waals surface area contributed by atoms with E-state index < -0.39 is 35.4 Å². The second-order valence-corrected chi connectivity index (χ2v) is 19.4. The predicted octanol–water partition coefficient (Wildman–Crippen LogP) is 5.21. The van der Waals surface area contributed by atoms with Gasteiger partial charge < -0.3 is 50.2 Å². The minimum atomic E-state index is -0.988. The Kier molecular flexibility index (Phi) is 18.4. The number of rotatable bonds is 23. The van der Waals surface area contributed by atoms with E-state index in [0.29, 0.717) is 36.0 Å². The van der Waals surface area contributed by atoms with Gasteiger partial charge in [-0.3, -0.25) is 24.0 Å². The second kappa shape index (κ2) is 24.3. The third-order valence-corrected chi connectivity index (χ3v) is 13.2. The third kappa shape index (κ3) is 14.5. The average molecular weight is 972 g/mol. The number of anilines is 1. The summed E-state index contributed by atoms with van der Waals surface area (Å²) >= 11 is 2.94. The number of ether oxygens (including phenoxy) is 4. The van der Waals surface area contributed by atoms with E-state index >= 15 is 0 Å². The smallest absolute Gasteiger partial charge is 0.246 e. The highest BCUT2D eigenvalue weighted by atomic mass is 32.1. The monoisotopic (exact) mass is 971 g/mol. The number of likely N-dealkylation sites (tertiary alicyclic amines) is 1. The number of thiazole rings is 2. The molecule has 1 fully saturated rings. The molecule has 5 amide bonds. The fourth-order valence-corrected chi connectivity index (χ4v) is 9.39. The van der Waals surface area contributed by atoms with Crippen LogP contribution in [0.2, 0.25) is 0 Å². The maximum Gasteiger partial charge on any atom is 0.246 e.